The van der Waals surface area contributed by atoms with E-state index >= 15 is 0 Å². The second-order valence-electron chi connectivity index (χ2n) is 3.64. The summed E-state index contributed by atoms with van der Waals surface area (Å²) in [5.74, 6) is 0. The molecule has 2 aliphatic heterocycles. The van der Waals surface area contributed by atoms with E-state index in [4.69, 9.17) is 14.6 Å². The molecule has 4 N–H and O–H groups in total. The van der Waals surface area contributed by atoms with Crippen LogP contribution in [0.5, 0.6) is 0 Å². The van der Waals surface area contributed by atoms with Crippen molar-refractivity contribution in [1.82, 2.24) is 0 Å². The first-order chi connectivity index (χ1) is 7.63. The van der Waals surface area contributed by atoms with E-state index in [2.05, 4.69) is 9.78 Å². The monoisotopic (exact) mass is 238 g/mol. The highest BCUT2D eigenvalue weighted by Crippen LogP contribution is 2.24. The van der Waals surface area contributed by atoms with Crippen molar-refractivity contribution in [2.45, 2.75) is 37.0 Å². The van der Waals surface area contributed by atoms with Gasteiger partial charge >= 0.3 is 0 Å². The highest BCUT2D eigenvalue weighted by atomic mass is 17.3. The first-order valence-electron chi connectivity index (χ1n) is 4.87. The Kier molecular flexibility index (Phi) is 3.72. The van der Waals surface area contributed by atoms with Gasteiger partial charge in [-0.2, -0.15) is 0 Å². The number of rotatable bonds is 3. The third-order valence-corrected chi connectivity index (χ3v) is 2.51. The zero-order valence-electron chi connectivity index (χ0n) is 8.30. The lowest BCUT2D eigenvalue weighted by Crippen LogP contribution is -2.60. The van der Waals surface area contributed by atoms with Gasteiger partial charge in [-0.05, 0) is 0 Å². The summed E-state index contributed by atoms with van der Waals surface area (Å²) in [5, 5.41) is 37.4. The summed E-state index contributed by atoms with van der Waals surface area (Å²) in [4.78, 5) is 8.88. The van der Waals surface area contributed by atoms with E-state index < -0.39 is 43.6 Å². The number of aliphatic hydroxyl groups excluding tert-OH is 4. The van der Waals surface area contributed by atoms with Crippen molar-refractivity contribution in [3.63, 3.8) is 0 Å². The molecule has 0 radical (unpaired) electrons. The molecule has 6 atom stereocenters. The third-order valence-electron chi connectivity index (χ3n) is 2.51. The minimum absolute atomic E-state index is 0.190. The molecule has 8 heteroatoms. The Balaban J connectivity index is 1.95. The standard InChI is InChI=1S/C8H14O8/c9-1-3-5(10)6(11)7(12)8(14-3)15-4-2-13-16-4/h3-12H,1-2H2/t3-,4?,5+,6+,7-,8-/m1/s1. The zero-order chi connectivity index (χ0) is 11.7. The molecule has 2 saturated heterocycles. The molecule has 0 amide bonds. The maximum atomic E-state index is 9.55. The summed E-state index contributed by atoms with van der Waals surface area (Å²) in [5.41, 5.74) is 0. The number of ether oxygens (including phenoxy) is 2. The van der Waals surface area contributed by atoms with Gasteiger partial charge in [-0.15, -0.1) is 0 Å². The van der Waals surface area contributed by atoms with Crippen LogP contribution in [0.1, 0.15) is 0 Å². The van der Waals surface area contributed by atoms with Crippen LogP contribution in [0.4, 0.5) is 0 Å². The van der Waals surface area contributed by atoms with E-state index in [0.717, 1.165) is 0 Å². The summed E-state index contributed by atoms with van der Waals surface area (Å²) >= 11 is 0. The van der Waals surface area contributed by atoms with E-state index in [1.165, 1.54) is 0 Å². The van der Waals surface area contributed by atoms with Gasteiger partial charge in [0.05, 0.1) is 6.61 Å². The second kappa shape index (κ2) is 4.90. The van der Waals surface area contributed by atoms with Crippen molar-refractivity contribution in [2.24, 2.45) is 0 Å². The fourth-order valence-corrected chi connectivity index (χ4v) is 1.51. The number of aliphatic hydroxyl groups is 4. The molecule has 16 heavy (non-hydrogen) atoms. The van der Waals surface area contributed by atoms with Crippen LogP contribution in [0.15, 0.2) is 0 Å². The fraction of sp³-hybridized carbons (Fsp3) is 1.00. The fourth-order valence-electron chi connectivity index (χ4n) is 1.51. The van der Waals surface area contributed by atoms with Crippen LogP contribution in [0, 0.1) is 0 Å². The molecule has 2 fully saturated rings. The molecule has 0 aromatic carbocycles. The van der Waals surface area contributed by atoms with Crippen LogP contribution in [0.3, 0.4) is 0 Å². The highest BCUT2D eigenvalue weighted by Gasteiger charge is 2.45. The first-order valence-corrected chi connectivity index (χ1v) is 4.87. The van der Waals surface area contributed by atoms with Crippen LogP contribution in [0.2, 0.25) is 0 Å². The van der Waals surface area contributed by atoms with Gasteiger partial charge in [0.15, 0.2) is 6.29 Å². The summed E-state index contributed by atoms with van der Waals surface area (Å²) in [6, 6.07) is 0. The lowest BCUT2D eigenvalue weighted by molar-refractivity contribution is -0.505. The molecule has 0 saturated carbocycles. The Morgan fingerprint density at radius 3 is 2.31 bits per heavy atom. The Labute approximate surface area is 90.8 Å². The molecule has 1 unspecified atom stereocenters. The summed E-state index contributed by atoms with van der Waals surface area (Å²) in [6.07, 6.45) is -7.09. The maximum absolute atomic E-state index is 9.55. The summed E-state index contributed by atoms with van der Waals surface area (Å²) in [7, 11) is 0. The highest BCUT2D eigenvalue weighted by molar-refractivity contribution is 4.89. The predicted octanol–water partition coefficient (Wildman–Crippen LogP) is -2.91. The quantitative estimate of drug-likeness (QED) is 0.386. The third kappa shape index (κ3) is 2.19. The minimum Gasteiger partial charge on any atom is -0.394 e. The molecule has 0 aromatic heterocycles. The number of hydrogen-bond acceptors (Lipinski definition) is 8. The SMILES string of the molecule is OC[C@H]1O[C@H](OC2COO2)[C@H](O)[C@@H](O)[C@H]1O. The lowest BCUT2D eigenvalue weighted by Gasteiger charge is -2.41. The Morgan fingerprint density at radius 1 is 1.12 bits per heavy atom. The van der Waals surface area contributed by atoms with E-state index in [1.54, 1.807) is 0 Å². The molecular weight excluding hydrogens is 224 g/mol. The van der Waals surface area contributed by atoms with Crippen molar-refractivity contribution in [1.29, 1.82) is 0 Å². The Bertz CT molecular complexity index is 230. The van der Waals surface area contributed by atoms with Gasteiger partial charge in [0.2, 0.25) is 6.29 Å². The van der Waals surface area contributed by atoms with Crippen LogP contribution >= 0.6 is 0 Å². The molecular formula is C8H14O8. The topological polar surface area (TPSA) is 118 Å². The Morgan fingerprint density at radius 2 is 1.81 bits per heavy atom. The molecule has 2 heterocycles. The van der Waals surface area contributed by atoms with Gasteiger partial charge in [0.25, 0.3) is 0 Å². The molecule has 0 aliphatic carbocycles. The van der Waals surface area contributed by atoms with Gasteiger partial charge in [0, 0.05) is 0 Å². The summed E-state index contributed by atoms with van der Waals surface area (Å²) in [6.45, 7) is -0.304. The van der Waals surface area contributed by atoms with Gasteiger partial charge in [-0.1, -0.05) is 0 Å². The van der Waals surface area contributed by atoms with E-state index in [9.17, 15) is 15.3 Å². The molecule has 0 bridgehead atoms. The maximum Gasteiger partial charge on any atom is 0.220 e. The van der Waals surface area contributed by atoms with E-state index in [1.807, 2.05) is 0 Å². The van der Waals surface area contributed by atoms with Gasteiger partial charge in [0.1, 0.15) is 31.0 Å². The van der Waals surface area contributed by atoms with Gasteiger partial charge in [-0.3, -0.25) is 0 Å². The zero-order valence-corrected chi connectivity index (χ0v) is 8.30. The molecule has 94 valence electrons. The first kappa shape index (κ1) is 12.1. The van der Waals surface area contributed by atoms with Gasteiger partial charge in [-0.25, -0.2) is 9.78 Å². The van der Waals surface area contributed by atoms with Crippen molar-refractivity contribution in [3.05, 3.63) is 0 Å². The molecule has 2 aliphatic rings. The van der Waals surface area contributed by atoms with Crippen LogP contribution in [-0.2, 0) is 19.2 Å². The van der Waals surface area contributed by atoms with Crippen LogP contribution < -0.4 is 0 Å². The van der Waals surface area contributed by atoms with E-state index in [0.29, 0.717) is 0 Å². The normalized spacial score (nSPS) is 48.8. The number of hydrogen-bond donors (Lipinski definition) is 4. The summed E-state index contributed by atoms with van der Waals surface area (Å²) < 4.78 is 10.2. The van der Waals surface area contributed by atoms with Gasteiger partial charge < -0.3 is 29.9 Å². The Hall–Kier alpha value is -0.320. The lowest BCUT2D eigenvalue weighted by atomic mass is 9.99. The average Bonchev–Trinajstić information content (AvgIpc) is 2.23. The van der Waals surface area contributed by atoms with Crippen LogP contribution in [0.25, 0.3) is 0 Å². The van der Waals surface area contributed by atoms with E-state index in [-0.39, 0.29) is 6.61 Å². The predicted molar refractivity (Wildman–Crippen MR) is 45.7 cm³/mol. The van der Waals surface area contributed by atoms with Crippen molar-refractivity contribution in [3.8, 4) is 0 Å². The smallest absolute Gasteiger partial charge is 0.220 e. The van der Waals surface area contributed by atoms with Crippen molar-refractivity contribution >= 4 is 0 Å². The van der Waals surface area contributed by atoms with Crippen LogP contribution in [-0.4, -0.2) is 70.6 Å². The molecule has 0 spiro atoms. The molecule has 8 nitrogen and oxygen atoms in total. The minimum atomic E-state index is -1.45. The second-order valence-corrected chi connectivity index (χ2v) is 3.64. The van der Waals surface area contributed by atoms with Crippen molar-refractivity contribution in [2.75, 3.05) is 13.2 Å². The molecule has 0 aromatic rings. The average molecular weight is 238 g/mol. The van der Waals surface area contributed by atoms with Crippen molar-refractivity contribution < 1.29 is 39.7 Å². The molecule has 2 rings (SSSR count). The largest absolute Gasteiger partial charge is 0.394 e.